The molecule has 0 bridgehead atoms. The first-order valence-corrected chi connectivity index (χ1v) is 9.08. The van der Waals surface area contributed by atoms with E-state index in [9.17, 15) is 4.79 Å². The van der Waals surface area contributed by atoms with Crippen molar-refractivity contribution in [2.45, 2.75) is 13.1 Å². The SMILES string of the molecule is CN=C(NCc1ccc(C(=O)NC)cc1)N1CCN(Cc2ccon2)CC1. The number of hydrogen-bond acceptors (Lipinski definition) is 5. The molecule has 144 valence electrons. The quantitative estimate of drug-likeness (QED) is 0.602. The third-order valence-corrected chi connectivity index (χ3v) is 4.65. The molecule has 0 atom stereocenters. The standard InChI is InChI=1S/C19H26N6O2/c1-20-18(26)16-5-3-15(4-6-16)13-22-19(21-2)25-10-8-24(9-11-25)14-17-7-12-27-23-17/h3-7,12H,8-11,13-14H2,1-2H3,(H,20,26)(H,21,22). The summed E-state index contributed by atoms with van der Waals surface area (Å²) in [6.45, 7) is 5.21. The summed E-state index contributed by atoms with van der Waals surface area (Å²) in [5.74, 6) is 0.820. The summed E-state index contributed by atoms with van der Waals surface area (Å²) in [6, 6.07) is 9.49. The predicted octanol–water partition coefficient (Wildman–Crippen LogP) is 0.927. The van der Waals surface area contributed by atoms with Crippen LogP contribution in [0, 0.1) is 0 Å². The number of benzene rings is 1. The number of amides is 1. The highest BCUT2D eigenvalue weighted by Gasteiger charge is 2.20. The van der Waals surface area contributed by atoms with Crippen LogP contribution in [-0.4, -0.2) is 67.1 Å². The number of guanidine groups is 1. The van der Waals surface area contributed by atoms with Gasteiger partial charge in [-0.1, -0.05) is 17.3 Å². The van der Waals surface area contributed by atoms with Crippen molar-refractivity contribution in [3.05, 3.63) is 53.4 Å². The first-order valence-electron chi connectivity index (χ1n) is 9.08. The fourth-order valence-corrected chi connectivity index (χ4v) is 3.10. The lowest BCUT2D eigenvalue weighted by atomic mass is 10.1. The van der Waals surface area contributed by atoms with Gasteiger partial charge in [0.2, 0.25) is 0 Å². The van der Waals surface area contributed by atoms with Gasteiger partial charge >= 0.3 is 0 Å². The zero-order valence-electron chi connectivity index (χ0n) is 15.8. The molecule has 0 radical (unpaired) electrons. The van der Waals surface area contributed by atoms with E-state index in [1.54, 1.807) is 20.4 Å². The van der Waals surface area contributed by atoms with Gasteiger partial charge in [-0.25, -0.2) is 0 Å². The fourth-order valence-electron chi connectivity index (χ4n) is 3.10. The molecule has 0 spiro atoms. The van der Waals surface area contributed by atoms with Crippen LogP contribution in [0.3, 0.4) is 0 Å². The number of aromatic nitrogens is 1. The van der Waals surface area contributed by atoms with Crippen LogP contribution in [0.4, 0.5) is 0 Å². The van der Waals surface area contributed by atoms with Crippen molar-refractivity contribution < 1.29 is 9.32 Å². The minimum absolute atomic E-state index is 0.0752. The summed E-state index contributed by atoms with van der Waals surface area (Å²) in [4.78, 5) is 20.6. The maximum atomic E-state index is 11.6. The van der Waals surface area contributed by atoms with E-state index in [2.05, 4.69) is 30.6 Å². The van der Waals surface area contributed by atoms with Gasteiger partial charge in [-0.05, 0) is 17.7 Å². The van der Waals surface area contributed by atoms with Gasteiger partial charge in [0.05, 0.1) is 5.69 Å². The molecule has 2 N–H and O–H groups in total. The number of hydrogen-bond donors (Lipinski definition) is 2. The van der Waals surface area contributed by atoms with E-state index in [0.29, 0.717) is 12.1 Å². The van der Waals surface area contributed by atoms with Crippen LogP contribution in [0.15, 0.2) is 46.1 Å². The second-order valence-corrected chi connectivity index (χ2v) is 6.43. The lowest BCUT2D eigenvalue weighted by Gasteiger charge is -2.36. The molecule has 1 aromatic heterocycles. The van der Waals surface area contributed by atoms with Crippen molar-refractivity contribution in [1.82, 2.24) is 25.6 Å². The van der Waals surface area contributed by atoms with Crippen LogP contribution in [0.1, 0.15) is 21.6 Å². The zero-order valence-corrected chi connectivity index (χ0v) is 15.8. The molecule has 8 nitrogen and oxygen atoms in total. The van der Waals surface area contributed by atoms with Crippen molar-refractivity contribution >= 4 is 11.9 Å². The molecule has 1 aliphatic rings. The van der Waals surface area contributed by atoms with E-state index in [4.69, 9.17) is 4.52 Å². The van der Waals surface area contributed by atoms with E-state index < -0.39 is 0 Å². The highest BCUT2D eigenvalue weighted by atomic mass is 16.5. The summed E-state index contributed by atoms with van der Waals surface area (Å²) in [6.07, 6.45) is 1.61. The third kappa shape index (κ3) is 5.07. The Labute approximate surface area is 159 Å². The number of rotatable bonds is 5. The second-order valence-electron chi connectivity index (χ2n) is 6.43. The van der Waals surface area contributed by atoms with Crippen LogP contribution >= 0.6 is 0 Å². The molecule has 1 saturated heterocycles. The Hall–Kier alpha value is -2.87. The van der Waals surface area contributed by atoms with Crippen molar-refractivity contribution in [3.63, 3.8) is 0 Å². The average Bonchev–Trinajstić information content (AvgIpc) is 3.22. The first-order chi connectivity index (χ1) is 13.2. The summed E-state index contributed by atoms with van der Waals surface area (Å²) in [5, 5.41) is 10.0. The molecule has 8 heteroatoms. The summed E-state index contributed by atoms with van der Waals surface area (Å²) in [5.41, 5.74) is 2.73. The van der Waals surface area contributed by atoms with Gasteiger partial charge in [0.15, 0.2) is 5.96 Å². The van der Waals surface area contributed by atoms with Gasteiger partial charge in [0, 0.05) is 65.0 Å². The van der Waals surface area contributed by atoms with E-state index in [1.807, 2.05) is 30.3 Å². The number of nitrogens with zero attached hydrogens (tertiary/aromatic N) is 4. The van der Waals surface area contributed by atoms with E-state index in [1.165, 1.54) is 0 Å². The number of carbonyl (C=O) groups is 1. The molecule has 1 fully saturated rings. The maximum absolute atomic E-state index is 11.6. The average molecular weight is 370 g/mol. The van der Waals surface area contributed by atoms with Gasteiger partial charge in [0.1, 0.15) is 6.26 Å². The second kappa shape index (κ2) is 9.18. The van der Waals surface area contributed by atoms with Crippen LogP contribution in [0.25, 0.3) is 0 Å². The van der Waals surface area contributed by atoms with Crippen molar-refractivity contribution in [3.8, 4) is 0 Å². The molecule has 2 heterocycles. The molecule has 3 rings (SSSR count). The van der Waals surface area contributed by atoms with Gasteiger partial charge in [-0.3, -0.25) is 14.7 Å². The third-order valence-electron chi connectivity index (χ3n) is 4.65. The Morgan fingerprint density at radius 1 is 1.19 bits per heavy atom. The Morgan fingerprint density at radius 2 is 1.93 bits per heavy atom. The highest BCUT2D eigenvalue weighted by molar-refractivity contribution is 5.93. The van der Waals surface area contributed by atoms with Gasteiger partial charge in [-0.2, -0.15) is 0 Å². The smallest absolute Gasteiger partial charge is 0.251 e. The Morgan fingerprint density at radius 3 is 2.52 bits per heavy atom. The maximum Gasteiger partial charge on any atom is 0.251 e. The number of carbonyl (C=O) groups excluding carboxylic acids is 1. The topological polar surface area (TPSA) is 86.0 Å². The molecule has 27 heavy (non-hydrogen) atoms. The molecule has 1 aliphatic heterocycles. The number of nitrogens with one attached hydrogen (secondary N) is 2. The van der Waals surface area contributed by atoms with E-state index in [0.717, 1.165) is 49.9 Å². The largest absolute Gasteiger partial charge is 0.364 e. The summed E-state index contributed by atoms with van der Waals surface area (Å²) >= 11 is 0. The molecular formula is C19H26N6O2. The monoisotopic (exact) mass is 370 g/mol. The Balaban J connectivity index is 1.47. The zero-order chi connectivity index (χ0) is 19.1. The molecule has 1 aromatic carbocycles. The predicted molar refractivity (Wildman–Crippen MR) is 103 cm³/mol. The fraction of sp³-hybridized carbons (Fsp3) is 0.421. The van der Waals surface area contributed by atoms with Crippen LogP contribution in [0.2, 0.25) is 0 Å². The molecule has 0 saturated carbocycles. The Bertz CT molecular complexity index is 749. The summed E-state index contributed by atoms with van der Waals surface area (Å²) < 4.78 is 4.90. The Kier molecular flexibility index (Phi) is 6.43. The first kappa shape index (κ1) is 18.9. The minimum atomic E-state index is -0.0752. The minimum Gasteiger partial charge on any atom is -0.364 e. The normalized spacial score (nSPS) is 15.6. The van der Waals surface area contributed by atoms with Crippen LogP contribution in [-0.2, 0) is 13.1 Å². The lowest BCUT2D eigenvalue weighted by Crippen LogP contribution is -2.52. The van der Waals surface area contributed by atoms with Crippen LogP contribution in [0.5, 0.6) is 0 Å². The van der Waals surface area contributed by atoms with Gasteiger partial charge < -0.3 is 20.1 Å². The highest BCUT2D eigenvalue weighted by Crippen LogP contribution is 2.08. The van der Waals surface area contributed by atoms with Gasteiger partial charge in [0.25, 0.3) is 5.91 Å². The number of aliphatic imine (C=N–C) groups is 1. The van der Waals surface area contributed by atoms with Gasteiger partial charge in [-0.15, -0.1) is 0 Å². The number of piperazine rings is 1. The van der Waals surface area contributed by atoms with Crippen molar-refractivity contribution in [1.29, 1.82) is 0 Å². The van der Waals surface area contributed by atoms with Crippen molar-refractivity contribution in [2.24, 2.45) is 4.99 Å². The molecule has 2 aromatic rings. The lowest BCUT2D eigenvalue weighted by molar-refractivity contribution is 0.0963. The molecule has 0 aliphatic carbocycles. The van der Waals surface area contributed by atoms with E-state index in [-0.39, 0.29) is 5.91 Å². The van der Waals surface area contributed by atoms with Crippen LogP contribution < -0.4 is 10.6 Å². The molecule has 0 unspecified atom stereocenters. The van der Waals surface area contributed by atoms with E-state index >= 15 is 0 Å². The molecular weight excluding hydrogens is 344 g/mol. The van der Waals surface area contributed by atoms with Crippen molar-refractivity contribution in [2.75, 3.05) is 40.3 Å². The molecule has 1 amide bonds. The summed E-state index contributed by atoms with van der Waals surface area (Å²) in [7, 11) is 3.44.